The summed E-state index contributed by atoms with van der Waals surface area (Å²) in [4.78, 5) is 6.62. The first kappa shape index (κ1) is 16.4. The maximum Gasteiger partial charge on any atom is 0.281 e. The van der Waals surface area contributed by atoms with Crippen molar-refractivity contribution in [3.05, 3.63) is 18.2 Å². The minimum absolute atomic E-state index is 0.561. The standard InChI is InChI=1S/C13H25N5O2S/c1-4-13-14-5-6-17(13)10-7-16-8-11-18(12-9-16)21(19,20)15(2)3/h5-6H,4,7-12H2,1-3H3. The molecular weight excluding hydrogens is 290 g/mol. The Hall–Kier alpha value is -0.960. The highest BCUT2D eigenvalue weighted by Gasteiger charge is 2.28. The molecule has 8 heteroatoms. The third-order valence-electron chi connectivity index (χ3n) is 3.89. The molecule has 0 atom stereocenters. The number of hydrogen-bond acceptors (Lipinski definition) is 4. The molecule has 0 amide bonds. The minimum atomic E-state index is -3.27. The van der Waals surface area contributed by atoms with E-state index in [4.69, 9.17) is 0 Å². The zero-order valence-electron chi connectivity index (χ0n) is 13.1. The Labute approximate surface area is 127 Å². The Morgan fingerprint density at radius 2 is 1.86 bits per heavy atom. The lowest BCUT2D eigenvalue weighted by Gasteiger charge is -2.35. The number of piperazine rings is 1. The first-order valence-corrected chi connectivity index (χ1v) is 8.74. The van der Waals surface area contributed by atoms with Gasteiger partial charge in [-0.15, -0.1) is 0 Å². The molecule has 7 nitrogen and oxygen atoms in total. The molecule has 1 saturated heterocycles. The van der Waals surface area contributed by atoms with Crippen molar-refractivity contribution >= 4 is 10.2 Å². The van der Waals surface area contributed by atoms with Crippen molar-refractivity contribution in [2.24, 2.45) is 0 Å². The molecule has 120 valence electrons. The summed E-state index contributed by atoms with van der Waals surface area (Å²) < 4.78 is 29.1. The SMILES string of the molecule is CCc1nccn1CCN1CCN(S(=O)(=O)N(C)C)CC1. The van der Waals surface area contributed by atoms with Crippen LogP contribution in [-0.4, -0.2) is 78.3 Å². The lowest BCUT2D eigenvalue weighted by Crippen LogP contribution is -2.52. The summed E-state index contributed by atoms with van der Waals surface area (Å²) in [6.45, 7) is 6.62. The molecule has 0 unspecified atom stereocenters. The zero-order chi connectivity index (χ0) is 15.5. The van der Waals surface area contributed by atoms with E-state index in [1.165, 1.54) is 4.31 Å². The Kier molecular flexibility index (Phi) is 5.37. The molecule has 1 fully saturated rings. The Bertz CT molecular complexity index is 547. The van der Waals surface area contributed by atoms with Gasteiger partial charge in [0, 0.05) is 72.2 Å². The summed E-state index contributed by atoms with van der Waals surface area (Å²) in [5.41, 5.74) is 0. The maximum atomic E-state index is 12.0. The van der Waals surface area contributed by atoms with Gasteiger partial charge in [0.15, 0.2) is 0 Å². The highest BCUT2D eigenvalue weighted by atomic mass is 32.2. The van der Waals surface area contributed by atoms with Gasteiger partial charge in [0.05, 0.1) is 0 Å². The van der Waals surface area contributed by atoms with Crippen LogP contribution in [0.15, 0.2) is 12.4 Å². The van der Waals surface area contributed by atoms with Crippen LogP contribution in [0.2, 0.25) is 0 Å². The summed E-state index contributed by atoms with van der Waals surface area (Å²) in [7, 11) is -0.115. The van der Waals surface area contributed by atoms with Crippen LogP contribution in [-0.2, 0) is 23.2 Å². The molecule has 2 heterocycles. The van der Waals surface area contributed by atoms with Crippen molar-refractivity contribution in [3.63, 3.8) is 0 Å². The molecule has 1 aliphatic rings. The normalized spacial score (nSPS) is 18.5. The van der Waals surface area contributed by atoms with E-state index < -0.39 is 10.2 Å². The first-order valence-electron chi connectivity index (χ1n) is 7.35. The number of imidazole rings is 1. The van der Waals surface area contributed by atoms with Crippen LogP contribution >= 0.6 is 0 Å². The summed E-state index contributed by atoms with van der Waals surface area (Å²) in [5.74, 6) is 1.10. The Morgan fingerprint density at radius 3 is 2.43 bits per heavy atom. The fourth-order valence-corrected chi connectivity index (χ4v) is 3.61. The molecule has 0 saturated carbocycles. The largest absolute Gasteiger partial charge is 0.334 e. The van der Waals surface area contributed by atoms with Crippen LogP contribution < -0.4 is 0 Å². The molecule has 0 aromatic carbocycles. The molecule has 0 bridgehead atoms. The quantitative estimate of drug-likeness (QED) is 0.734. The predicted octanol–water partition coefficient (Wildman–Crippen LogP) is -0.130. The average molecular weight is 315 g/mol. The fourth-order valence-electron chi connectivity index (χ4n) is 2.52. The number of aromatic nitrogens is 2. The van der Waals surface area contributed by atoms with Crippen LogP contribution in [0.1, 0.15) is 12.7 Å². The molecule has 1 aromatic heterocycles. The number of aryl methyl sites for hydroxylation is 1. The van der Waals surface area contributed by atoms with E-state index in [1.807, 2.05) is 12.4 Å². The van der Waals surface area contributed by atoms with Gasteiger partial charge in [0.1, 0.15) is 5.82 Å². The van der Waals surface area contributed by atoms with Crippen LogP contribution in [0, 0.1) is 0 Å². The molecule has 1 aliphatic heterocycles. The van der Waals surface area contributed by atoms with Gasteiger partial charge < -0.3 is 4.57 Å². The highest BCUT2D eigenvalue weighted by Crippen LogP contribution is 2.10. The zero-order valence-corrected chi connectivity index (χ0v) is 13.9. The van der Waals surface area contributed by atoms with Crippen LogP contribution in [0.25, 0.3) is 0 Å². The summed E-state index contributed by atoms with van der Waals surface area (Å²) in [6, 6.07) is 0. The topological polar surface area (TPSA) is 61.7 Å². The van der Waals surface area contributed by atoms with Crippen molar-refractivity contribution in [3.8, 4) is 0 Å². The van der Waals surface area contributed by atoms with Gasteiger partial charge in [-0.3, -0.25) is 4.90 Å². The Morgan fingerprint density at radius 1 is 1.19 bits per heavy atom. The van der Waals surface area contributed by atoms with Crippen molar-refractivity contribution in [1.82, 2.24) is 23.1 Å². The lowest BCUT2D eigenvalue weighted by atomic mass is 10.3. The van der Waals surface area contributed by atoms with Crippen molar-refractivity contribution in [2.75, 3.05) is 46.8 Å². The second kappa shape index (κ2) is 6.87. The van der Waals surface area contributed by atoms with E-state index in [-0.39, 0.29) is 0 Å². The van der Waals surface area contributed by atoms with Crippen molar-refractivity contribution in [1.29, 1.82) is 0 Å². The monoisotopic (exact) mass is 315 g/mol. The van der Waals surface area contributed by atoms with Gasteiger partial charge in [-0.1, -0.05) is 6.92 Å². The van der Waals surface area contributed by atoms with Gasteiger partial charge >= 0.3 is 0 Å². The smallest absolute Gasteiger partial charge is 0.281 e. The minimum Gasteiger partial charge on any atom is -0.334 e. The summed E-state index contributed by atoms with van der Waals surface area (Å²) in [6.07, 6.45) is 4.77. The van der Waals surface area contributed by atoms with E-state index >= 15 is 0 Å². The highest BCUT2D eigenvalue weighted by molar-refractivity contribution is 7.86. The van der Waals surface area contributed by atoms with Gasteiger partial charge in [-0.05, 0) is 0 Å². The third-order valence-corrected chi connectivity index (χ3v) is 5.83. The molecule has 0 spiro atoms. The molecular formula is C13H25N5O2S. The van der Waals surface area contributed by atoms with Gasteiger partial charge in [-0.25, -0.2) is 4.98 Å². The van der Waals surface area contributed by atoms with Gasteiger partial charge in [0.2, 0.25) is 0 Å². The molecule has 0 aliphatic carbocycles. The van der Waals surface area contributed by atoms with Crippen LogP contribution in [0.5, 0.6) is 0 Å². The molecule has 0 N–H and O–H groups in total. The number of rotatable bonds is 6. The summed E-state index contributed by atoms with van der Waals surface area (Å²) >= 11 is 0. The van der Waals surface area contributed by atoms with Crippen LogP contribution in [0.3, 0.4) is 0 Å². The average Bonchev–Trinajstić information content (AvgIpc) is 2.92. The van der Waals surface area contributed by atoms with E-state index in [1.54, 1.807) is 18.4 Å². The lowest BCUT2D eigenvalue weighted by molar-refractivity contribution is 0.178. The number of hydrogen-bond donors (Lipinski definition) is 0. The second-order valence-corrected chi connectivity index (χ2v) is 7.56. The first-order chi connectivity index (χ1) is 9.95. The van der Waals surface area contributed by atoms with E-state index in [0.717, 1.165) is 38.4 Å². The van der Waals surface area contributed by atoms with Gasteiger partial charge in [0.25, 0.3) is 10.2 Å². The molecule has 1 aromatic rings. The maximum absolute atomic E-state index is 12.0. The second-order valence-electron chi connectivity index (χ2n) is 5.42. The predicted molar refractivity (Wildman–Crippen MR) is 82.2 cm³/mol. The summed E-state index contributed by atoms with van der Waals surface area (Å²) in [5, 5.41) is 0. The number of nitrogens with zero attached hydrogens (tertiary/aromatic N) is 5. The van der Waals surface area contributed by atoms with E-state index in [2.05, 4.69) is 21.4 Å². The van der Waals surface area contributed by atoms with Crippen molar-refractivity contribution < 1.29 is 8.42 Å². The third kappa shape index (κ3) is 3.82. The molecule has 0 radical (unpaired) electrons. The molecule has 2 rings (SSSR count). The van der Waals surface area contributed by atoms with Crippen molar-refractivity contribution in [2.45, 2.75) is 19.9 Å². The molecule has 21 heavy (non-hydrogen) atoms. The van der Waals surface area contributed by atoms with E-state index in [9.17, 15) is 8.42 Å². The van der Waals surface area contributed by atoms with E-state index in [0.29, 0.717) is 13.1 Å². The Balaban J connectivity index is 1.82. The van der Waals surface area contributed by atoms with Gasteiger partial charge in [-0.2, -0.15) is 17.0 Å². The fraction of sp³-hybridized carbons (Fsp3) is 0.769. The van der Waals surface area contributed by atoms with Crippen LogP contribution in [0.4, 0.5) is 0 Å².